The maximum Gasteiger partial charge on any atom is 0.321 e. The molecule has 1 rings (SSSR count). The van der Waals surface area contributed by atoms with Crippen LogP contribution in [0, 0.1) is 5.92 Å². The fourth-order valence-corrected chi connectivity index (χ4v) is 3.30. The van der Waals surface area contributed by atoms with Gasteiger partial charge in [-0.1, -0.05) is 6.92 Å². The van der Waals surface area contributed by atoms with Crippen molar-refractivity contribution < 1.29 is 17.9 Å². The Morgan fingerprint density at radius 3 is 2.44 bits per heavy atom. The van der Waals surface area contributed by atoms with Crippen molar-refractivity contribution in [3.05, 3.63) is 0 Å². The average Bonchev–Trinajstić information content (AvgIpc) is 2.29. The maximum absolute atomic E-state index is 11.5. The van der Waals surface area contributed by atoms with Crippen molar-refractivity contribution in [2.24, 2.45) is 11.7 Å². The Morgan fingerprint density at radius 1 is 1.28 bits per heavy atom. The second-order valence-electron chi connectivity index (χ2n) is 5.11. The number of esters is 1. The zero-order valence-electron chi connectivity index (χ0n) is 10.9. The Balaban J connectivity index is 2.33. The molecule has 0 unspecified atom stereocenters. The normalized spacial score (nSPS) is 24.8. The third kappa shape index (κ3) is 5.82. The van der Waals surface area contributed by atoms with Gasteiger partial charge >= 0.3 is 5.97 Å². The molecule has 1 fully saturated rings. The van der Waals surface area contributed by atoms with Crippen LogP contribution in [-0.2, 0) is 19.4 Å². The Morgan fingerprint density at radius 2 is 1.89 bits per heavy atom. The van der Waals surface area contributed by atoms with Crippen molar-refractivity contribution in [3.63, 3.8) is 0 Å². The van der Waals surface area contributed by atoms with Gasteiger partial charge in [-0.2, -0.15) is 0 Å². The predicted molar refractivity (Wildman–Crippen MR) is 69.8 cm³/mol. The van der Waals surface area contributed by atoms with E-state index in [4.69, 9.17) is 10.5 Å². The lowest BCUT2D eigenvalue weighted by Crippen LogP contribution is -2.28. The van der Waals surface area contributed by atoms with Gasteiger partial charge in [-0.05, 0) is 44.6 Å². The summed E-state index contributed by atoms with van der Waals surface area (Å²) in [5, 5.41) is 0. The van der Waals surface area contributed by atoms with Crippen LogP contribution in [0.3, 0.4) is 0 Å². The first kappa shape index (κ1) is 15.4. The quantitative estimate of drug-likeness (QED) is 0.728. The summed E-state index contributed by atoms with van der Waals surface area (Å²) in [6.45, 7) is 2.49. The fourth-order valence-electron chi connectivity index (χ4n) is 2.12. The van der Waals surface area contributed by atoms with Gasteiger partial charge in [-0.25, -0.2) is 8.42 Å². The van der Waals surface area contributed by atoms with Crippen molar-refractivity contribution in [2.45, 2.75) is 45.1 Å². The Labute approximate surface area is 109 Å². The summed E-state index contributed by atoms with van der Waals surface area (Å²) in [6, 6.07) is 0. The molecule has 0 aromatic rings. The molecule has 18 heavy (non-hydrogen) atoms. The summed E-state index contributed by atoms with van der Waals surface area (Å²) in [4.78, 5) is 11.5. The van der Waals surface area contributed by atoms with E-state index in [1.807, 2.05) is 0 Å². The summed E-state index contributed by atoms with van der Waals surface area (Å²) in [5.74, 6) is -0.501. The molecule has 2 N–H and O–H groups in total. The van der Waals surface area contributed by atoms with Gasteiger partial charge in [0.1, 0.15) is 11.9 Å². The molecule has 5 nitrogen and oxygen atoms in total. The van der Waals surface area contributed by atoms with Crippen molar-refractivity contribution >= 4 is 15.8 Å². The van der Waals surface area contributed by atoms with Gasteiger partial charge in [0, 0.05) is 0 Å². The smallest absolute Gasteiger partial charge is 0.321 e. The SMILES string of the molecule is CC1CCC(OC(=O)CS(=O)(=O)CCCN)CC1. The molecule has 0 radical (unpaired) electrons. The van der Waals surface area contributed by atoms with E-state index in [2.05, 4.69) is 6.92 Å². The van der Waals surface area contributed by atoms with Crippen LogP contribution in [0.2, 0.25) is 0 Å². The minimum absolute atomic E-state index is 0.0414. The van der Waals surface area contributed by atoms with Crippen LogP contribution in [0.15, 0.2) is 0 Å². The van der Waals surface area contributed by atoms with Crippen molar-refractivity contribution in [1.29, 1.82) is 0 Å². The highest BCUT2D eigenvalue weighted by Crippen LogP contribution is 2.25. The van der Waals surface area contributed by atoms with Crippen LogP contribution >= 0.6 is 0 Å². The number of rotatable bonds is 6. The molecule has 0 aromatic carbocycles. The summed E-state index contributed by atoms with van der Waals surface area (Å²) >= 11 is 0. The topological polar surface area (TPSA) is 86.5 Å². The van der Waals surface area contributed by atoms with Crippen molar-refractivity contribution in [3.8, 4) is 0 Å². The molecule has 0 amide bonds. The van der Waals surface area contributed by atoms with Crippen LogP contribution in [0.1, 0.15) is 39.0 Å². The van der Waals surface area contributed by atoms with E-state index in [1.54, 1.807) is 0 Å². The number of hydrogen-bond acceptors (Lipinski definition) is 5. The van der Waals surface area contributed by atoms with Crippen LogP contribution in [-0.4, -0.2) is 38.5 Å². The lowest BCUT2D eigenvalue weighted by atomic mass is 9.89. The first-order chi connectivity index (χ1) is 8.43. The second kappa shape index (κ2) is 7.09. The molecule has 0 atom stereocenters. The molecule has 0 aromatic heterocycles. The summed E-state index contributed by atoms with van der Waals surface area (Å²) in [7, 11) is -3.36. The minimum Gasteiger partial charge on any atom is -0.462 e. The fraction of sp³-hybridized carbons (Fsp3) is 0.917. The molecule has 1 saturated carbocycles. The maximum atomic E-state index is 11.5. The molecule has 106 valence electrons. The zero-order chi connectivity index (χ0) is 13.6. The average molecular weight is 277 g/mol. The van der Waals surface area contributed by atoms with E-state index < -0.39 is 21.6 Å². The highest BCUT2D eigenvalue weighted by molar-refractivity contribution is 7.92. The minimum atomic E-state index is -3.36. The summed E-state index contributed by atoms with van der Waals surface area (Å²) in [6.07, 6.45) is 4.05. The number of carbonyl (C=O) groups is 1. The number of ether oxygens (including phenoxy) is 1. The van der Waals surface area contributed by atoms with E-state index >= 15 is 0 Å². The third-order valence-corrected chi connectivity index (χ3v) is 4.84. The molecule has 0 aliphatic heterocycles. The molecule has 0 bridgehead atoms. The number of nitrogens with two attached hydrogens (primary N) is 1. The molecule has 1 aliphatic carbocycles. The van der Waals surface area contributed by atoms with Crippen LogP contribution in [0.5, 0.6) is 0 Å². The van der Waals surface area contributed by atoms with E-state index in [-0.39, 0.29) is 11.9 Å². The van der Waals surface area contributed by atoms with Crippen LogP contribution in [0.4, 0.5) is 0 Å². The standard InChI is InChI=1S/C12H23NO4S/c1-10-3-5-11(6-4-10)17-12(14)9-18(15,16)8-2-7-13/h10-11H,2-9,13H2,1H3. The largest absolute Gasteiger partial charge is 0.462 e. The number of sulfone groups is 1. The van der Waals surface area contributed by atoms with Gasteiger partial charge in [0.25, 0.3) is 0 Å². The molecule has 6 heteroatoms. The highest BCUT2D eigenvalue weighted by atomic mass is 32.2. The molecular formula is C12H23NO4S. The molecule has 0 saturated heterocycles. The Kier molecular flexibility index (Phi) is 6.08. The molecule has 0 heterocycles. The third-order valence-electron chi connectivity index (χ3n) is 3.26. The van der Waals surface area contributed by atoms with E-state index in [0.717, 1.165) is 25.7 Å². The van der Waals surface area contributed by atoms with E-state index in [1.165, 1.54) is 0 Å². The molecule has 0 spiro atoms. The zero-order valence-corrected chi connectivity index (χ0v) is 11.7. The highest BCUT2D eigenvalue weighted by Gasteiger charge is 2.24. The number of carbonyl (C=O) groups excluding carboxylic acids is 1. The molecular weight excluding hydrogens is 254 g/mol. The van der Waals surface area contributed by atoms with Crippen LogP contribution in [0.25, 0.3) is 0 Å². The Hall–Kier alpha value is -0.620. The van der Waals surface area contributed by atoms with Gasteiger partial charge < -0.3 is 10.5 Å². The monoisotopic (exact) mass is 277 g/mol. The van der Waals surface area contributed by atoms with Crippen molar-refractivity contribution in [1.82, 2.24) is 0 Å². The van der Waals surface area contributed by atoms with E-state index in [0.29, 0.717) is 18.9 Å². The Bertz CT molecular complexity index is 358. The lowest BCUT2D eigenvalue weighted by Gasteiger charge is -2.25. The van der Waals surface area contributed by atoms with Crippen molar-refractivity contribution in [2.75, 3.05) is 18.1 Å². The number of hydrogen-bond donors (Lipinski definition) is 1. The second-order valence-corrected chi connectivity index (χ2v) is 7.29. The van der Waals surface area contributed by atoms with E-state index in [9.17, 15) is 13.2 Å². The van der Waals surface area contributed by atoms with Gasteiger partial charge in [-0.3, -0.25) is 4.79 Å². The van der Waals surface area contributed by atoms with Gasteiger partial charge in [0.15, 0.2) is 9.84 Å². The van der Waals surface area contributed by atoms with Gasteiger partial charge in [0.2, 0.25) is 0 Å². The summed E-state index contributed by atoms with van der Waals surface area (Å²) < 4.78 is 28.3. The predicted octanol–water partition coefficient (Wildman–Crippen LogP) is 0.872. The van der Waals surface area contributed by atoms with Crippen LogP contribution < -0.4 is 5.73 Å². The first-order valence-electron chi connectivity index (χ1n) is 6.53. The summed E-state index contributed by atoms with van der Waals surface area (Å²) in [5.41, 5.74) is 5.25. The first-order valence-corrected chi connectivity index (χ1v) is 8.35. The molecule has 1 aliphatic rings. The van der Waals surface area contributed by atoms with Gasteiger partial charge in [0.05, 0.1) is 5.75 Å². The lowest BCUT2D eigenvalue weighted by molar-refractivity contribution is -0.147. The van der Waals surface area contributed by atoms with Gasteiger partial charge in [-0.15, -0.1) is 0 Å².